The zero-order valence-corrected chi connectivity index (χ0v) is 10.6. The van der Waals surface area contributed by atoms with E-state index in [2.05, 4.69) is 10.3 Å². The Balaban J connectivity index is 2.76. The summed E-state index contributed by atoms with van der Waals surface area (Å²) in [5.74, 6) is -0.0423. The lowest BCUT2D eigenvalue weighted by Gasteiger charge is -2.10. The van der Waals surface area contributed by atoms with Crippen LogP contribution in [0.5, 0.6) is 0 Å². The van der Waals surface area contributed by atoms with Crippen LogP contribution in [0.15, 0.2) is 12.3 Å². The summed E-state index contributed by atoms with van der Waals surface area (Å²) in [6.07, 6.45) is 1.44. The number of nitriles is 1. The molecule has 1 aromatic rings. The summed E-state index contributed by atoms with van der Waals surface area (Å²) in [7, 11) is 3.26. The van der Waals surface area contributed by atoms with Crippen LogP contribution < -0.4 is 5.32 Å². The maximum absolute atomic E-state index is 11.3. The number of pyridine rings is 1. The molecule has 19 heavy (non-hydrogen) atoms. The molecule has 0 atom stereocenters. The lowest BCUT2D eigenvalue weighted by molar-refractivity contribution is -0.384. The largest absolute Gasteiger partial charge is 0.364 e. The number of hydrogen-bond donors (Lipinski definition) is 1. The van der Waals surface area contributed by atoms with Crippen LogP contribution in [0.2, 0.25) is 0 Å². The standard InChI is InChI=1S/C11H13N5O3/c1-15(2)10(17)3-4-13-11-9(16(18)19)5-8(6-12)7-14-11/h5,7H,3-4H2,1-2H3,(H,13,14). The fourth-order valence-electron chi connectivity index (χ4n) is 1.30. The number of rotatable bonds is 5. The van der Waals surface area contributed by atoms with Gasteiger partial charge in [-0.1, -0.05) is 0 Å². The van der Waals surface area contributed by atoms with E-state index in [9.17, 15) is 14.9 Å². The quantitative estimate of drug-likeness (QED) is 0.619. The Bertz CT molecular complexity index is 536. The summed E-state index contributed by atoms with van der Waals surface area (Å²) in [5, 5.41) is 22.2. The lowest BCUT2D eigenvalue weighted by Crippen LogP contribution is -2.24. The van der Waals surface area contributed by atoms with Crippen LogP contribution in [0.1, 0.15) is 12.0 Å². The van der Waals surface area contributed by atoms with Gasteiger partial charge in [0.2, 0.25) is 11.7 Å². The molecule has 1 aromatic heterocycles. The van der Waals surface area contributed by atoms with Gasteiger partial charge in [0, 0.05) is 39.3 Å². The Labute approximate surface area is 109 Å². The van der Waals surface area contributed by atoms with Crippen molar-refractivity contribution in [3.63, 3.8) is 0 Å². The Kier molecular flexibility index (Phi) is 4.76. The summed E-state index contributed by atoms with van der Waals surface area (Å²) >= 11 is 0. The minimum Gasteiger partial charge on any atom is -0.364 e. The van der Waals surface area contributed by atoms with Crippen LogP contribution in [0, 0.1) is 21.4 Å². The Morgan fingerprint density at radius 1 is 1.63 bits per heavy atom. The molecule has 8 nitrogen and oxygen atoms in total. The number of hydrogen-bond acceptors (Lipinski definition) is 6. The second-order valence-corrected chi connectivity index (χ2v) is 3.93. The van der Waals surface area contributed by atoms with Gasteiger partial charge >= 0.3 is 5.69 Å². The average Bonchev–Trinajstić information content (AvgIpc) is 2.38. The second-order valence-electron chi connectivity index (χ2n) is 3.93. The molecule has 0 saturated carbocycles. The van der Waals surface area contributed by atoms with Gasteiger partial charge in [-0.3, -0.25) is 14.9 Å². The molecule has 0 bridgehead atoms. The van der Waals surface area contributed by atoms with Gasteiger partial charge in [-0.25, -0.2) is 4.98 Å². The van der Waals surface area contributed by atoms with Gasteiger partial charge < -0.3 is 10.2 Å². The SMILES string of the molecule is CN(C)C(=O)CCNc1ncc(C#N)cc1[N+](=O)[O-]. The fourth-order valence-corrected chi connectivity index (χ4v) is 1.30. The van der Waals surface area contributed by atoms with E-state index in [-0.39, 0.29) is 35.9 Å². The maximum Gasteiger partial charge on any atom is 0.312 e. The van der Waals surface area contributed by atoms with Crippen molar-refractivity contribution in [3.05, 3.63) is 27.9 Å². The molecule has 1 heterocycles. The highest BCUT2D eigenvalue weighted by Gasteiger charge is 2.16. The van der Waals surface area contributed by atoms with Crippen LogP contribution in [0.25, 0.3) is 0 Å². The fraction of sp³-hybridized carbons (Fsp3) is 0.364. The van der Waals surface area contributed by atoms with Crippen molar-refractivity contribution in [2.24, 2.45) is 0 Å². The van der Waals surface area contributed by atoms with Gasteiger partial charge in [0.1, 0.15) is 6.07 Å². The lowest BCUT2D eigenvalue weighted by atomic mass is 10.2. The molecule has 0 fully saturated rings. The van der Waals surface area contributed by atoms with Crippen LogP contribution in [0.4, 0.5) is 11.5 Å². The van der Waals surface area contributed by atoms with Crippen molar-refractivity contribution in [1.82, 2.24) is 9.88 Å². The first-order valence-electron chi connectivity index (χ1n) is 5.44. The highest BCUT2D eigenvalue weighted by atomic mass is 16.6. The van der Waals surface area contributed by atoms with Crippen molar-refractivity contribution in [2.75, 3.05) is 26.0 Å². The third kappa shape index (κ3) is 3.92. The number of aromatic nitrogens is 1. The van der Waals surface area contributed by atoms with Crippen molar-refractivity contribution in [1.29, 1.82) is 5.26 Å². The van der Waals surface area contributed by atoms with Gasteiger partial charge in [-0.2, -0.15) is 5.26 Å². The van der Waals surface area contributed by atoms with Crippen LogP contribution in [-0.2, 0) is 4.79 Å². The number of nitrogens with zero attached hydrogens (tertiary/aromatic N) is 4. The Morgan fingerprint density at radius 3 is 2.84 bits per heavy atom. The van der Waals surface area contributed by atoms with Gasteiger partial charge in [-0.15, -0.1) is 0 Å². The Hall–Kier alpha value is -2.69. The summed E-state index contributed by atoms with van der Waals surface area (Å²) in [5.41, 5.74) is -0.169. The molecule has 0 radical (unpaired) electrons. The van der Waals surface area contributed by atoms with Crippen molar-refractivity contribution in [2.45, 2.75) is 6.42 Å². The molecule has 0 aliphatic heterocycles. The molecule has 8 heteroatoms. The minimum atomic E-state index is -0.621. The number of carbonyl (C=O) groups is 1. The van der Waals surface area contributed by atoms with E-state index in [1.54, 1.807) is 20.2 Å². The molecule has 0 unspecified atom stereocenters. The average molecular weight is 263 g/mol. The van der Waals surface area contributed by atoms with E-state index in [0.717, 1.165) is 6.07 Å². The van der Waals surface area contributed by atoms with Gasteiger partial charge in [0.15, 0.2) is 0 Å². The number of carbonyl (C=O) groups excluding carboxylic acids is 1. The first-order valence-corrected chi connectivity index (χ1v) is 5.44. The molecule has 0 aromatic carbocycles. The molecule has 100 valence electrons. The summed E-state index contributed by atoms with van der Waals surface area (Å²) in [6.45, 7) is 0.233. The van der Waals surface area contributed by atoms with Gasteiger partial charge in [0.05, 0.1) is 10.5 Å². The third-order valence-corrected chi connectivity index (χ3v) is 2.32. The molecule has 1 N–H and O–H groups in total. The van der Waals surface area contributed by atoms with Crippen LogP contribution >= 0.6 is 0 Å². The van der Waals surface area contributed by atoms with E-state index >= 15 is 0 Å². The molecular formula is C11H13N5O3. The zero-order chi connectivity index (χ0) is 14.4. The number of nitro groups is 1. The predicted molar refractivity (Wildman–Crippen MR) is 67.4 cm³/mol. The predicted octanol–water partition coefficient (Wildman–Crippen LogP) is 0.752. The minimum absolute atomic E-state index is 0.0514. The zero-order valence-electron chi connectivity index (χ0n) is 10.6. The van der Waals surface area contributed by atoms with Crippen LogP contribution in [0.3, 0.4) is 0 Å². The normalized spacial score (nSPS) is 9.53. The first kappa shape index (κ1) is 14.4. The smallest absolute Gasteiger partial charge is 0.312 e. The monoisotopic (exact) mass is 263 g/mol. The van der Waals surface area contributed by atoms with E-state index in [4.69, 9.17) is 5.26 Å². The highest BCUT2D eigenvalue weighted by molar-refractivity contribution is 5.76. The maximum atomic E-state index is 11.3. The number of nitrogens with one attached hydrogen (secondary N) is 1. The molecule has 0 spiro atoms. The van der Waals surface area contributed by atoms with E-state index in [1.165, 1.54) is 11.1 Å². The molecule has 0 aliphatic carbocycles. The molecule has 1 rings (SSSR count). The molecule has 0 saturated heterocycles. The van der Waals surface area contributed by atoms with Crippen molar-refractivity contribution >= 4 is 17.4 Å². The Morgan fingerprint density at radius 2 is 2.32 bits per heavy atom. The van der Waals surface area contributed by atoms with Crippen LogP contribution in [-0.4, -0.2) is 41.4 Å². The van der Waals surface area contributed by atoms with E-state index in [0.29, 0.717) is 0 Å². The number of amides is 1. The molecular weight excluding hydrogens is 250 g/mol. The van der Waals surface area contributed by atoms with Gasteiger partial charge in [0.25, 0.3) is 0 Å². The number of anilines is 1. The van der Waals surface area contributed by atoms with E-state index < -0.39 is 4.92 Å². The van der Waals surface area contributed by atoms with E-state index in [1.807, 2.05) is 0 Å². The summed E-state index contributed by atoms with van der Waals surface area (Å²) in [4.78, 5) is 26.8. The summed E-state index contributed by atoms with van der Waals surface area (Å²) in [6, 6.07) is 2.93. The molecule has 0 aliphatic rings. The van der Waals surface area contributed by atoms with Crippen molar-refractivity contribution < 1.29 is 9.72 Å². The van der Waals surface area contributed by atoms with Crippen molar-refractivity contribution in [3.8, 4) is 6.07 Å². The highest BCUT2D eigenvalue weighted by Crippen LogP contribution is 2.22. The summed E-state index contributed by atoms with van der Waals surface area (Å²) < 4.78 is 0. The third-order valence-electron chi connectivity index (χ3n) is 2.32. The topological polar surface area (TPSA) is 112 Å². The second kappa shape index (κ2) is 6.30. The molecule has 1 amide bonds. The van der Waals surface area contributed by atoms with Gasteiger partial charge in [-0.05, 0) is 0 Å². The first-order chi connectivity index (χ1) is 8.95.